The Morgan fingerprint density at radius 1 is 0.643 bits per heavy atom. The highest BCUT2D eigenvalue weighted by Gasteiger charge is 2.16. The van der Waals surface area contributed by atoms with Crippen LogP contribution in [-0.2, 0) is 6.42 Å². The molecule has 0 N–H and O–H groups in total. The maximum Gasteiger partial charge on any atom is 0.0367 e. The Morgan fingerprint density at radius 3 is 1.86 bits per heavy atom. The number of piperazine rings is 1. The van der Waals surface area contributed by atoms with Crippen molar-refractivity contribution in [2.75, 3.05) is 37.6 Å². The molecule has 0 bridgehead atoms. The third-order valence-electron chi connectivity index (χ3n) is 6.04. The molecule has 0 radical (unpaired) electrons. The molecule has 2 aromatic rings. The van der Waals surface area contributed by atoms with E-state index < -0.39 is 0 Å². The topological polar surface area (TPSA) is 6.48 Å². The van der Waals surface area contributed by atoms with Gasteiger partial charge >= 0.3 is 0 Å². The number of hydrogen-bond acceptors (Lipinski definition) is 2. The number of rotatable bonds is 10. The van der Waals surface area contributed by atoms with Gasteiger partial charge < -0.3 is 4.90 Å². The summed E-state index contributed by atoms with van der Waals surface area (Å²) in [5.41, 5.74) is 5.49. The standard InChI is InChI=1S/C26H38N2/c1-3-5-7-8-9-23-10-12-24(13-11-23)25-14-16-26(17-15-25)28-21-19-27(20-22-28)18-6-4-2/h10-17H,3-9,18-22H2,1-2H3. The first-order valence-electron chi connectivity index (χ1n) is 11.5. The minimum Gasteiger partial charge on any atom is -0.369 e. The molecule has 1 fully saturated rings. The molecule has 0 amide bonds. The van der Waals surface area contributed by atoms with Crippen LogP contribution < -0.4 is 4.90 Å². The second kappa shape index (κ2) is 11.3. The lowest BCUT2D eigenvalue weighted by atomic mass is 10.0. The zero-order valence-electron chi connectivity index (χ0n) is 18.0. The van der Waals surface area contributed by atoms with Crippen LogP contribution in [0.1, 0.15) is 57.9 Å². The molecule has 1 aliphatic heterocycles. The molecule has 152 valence electrons. The van der Waals surface area contributed by atoms with Gasteiger partial charge in [-0.3, -0.25) is 4.90 Å². The highest BCUT2D eigenvalue weighted by atomic mass is 15.3. The van der Waals surface area contributed by atoms with Crippen molar-refractivity contribution in [2.24, 2.45) is 0 Å². The Balaban J connectivity index is 1.51. The first-order chi connectivity index (χ1) is 13.8. The average molecular weight is 379 g/mol. The van der Waals surface area contributed by atoms with E-state index in [1.807, 2.05) is 0 Å². The number of benzene rings is 2. The molecular weight excluding hydrogens is 340 g/mol. The fourth-order valence-electron chi connectivity index (χ4n) is 4.10. The molecule has 3 rings (SSSR count). The summed E-state index contributed by atoms with van der Waals surface area (Å²) < 4.78 is 0. The van der Waals surface area contributed by atoms with Gasteiger partial charge in [0.1, 0.15) is 0 Å². The molecule has 0 aromatic heterocycles. The van der Waals surface area contributed by atoms with Crippen molar-refractivity contribution in [3.8, 4) is 11.1 Å². The molecule has 2 heteroatoms. The molecule has 0 spiro atoms. The van der Waals surface area contributed by atoms with Crippen molar-refractivity contribution in [3.05, 3.63) is 54.1 Å². The monoisotopic (exact) mass is 378 g/mol. The van der Waals surface area contributed by atoms with Crippen molar-refractivity contribution in [1.29, 1.82) is 0 Å². The van der Waals surface area contributed by atoms with Crippen LogP contribution in [0, 0.1) is 0 Å². The number of aryl methyl sites for hydroxylation is 1. The third kappa shape index (κ3) is 6.10. The summed E-state index contributed by atoms with van der Waals surface area (Å²) in [5.74, 6) is 0. The number of unbranched alkanes of at least 4 members (excludes halogenated alkanes) is 4. The van der Waals surface area contributed by atoms with Crippen LogP contribution in [-0.4, -0.2) is 37.6 Å². The van der Waals surface area contributed by atoms with E-state index in [2.05, 4.69) is 72.2 Å². The molecule has 0 aliphatic carbocycles. The van der Waals surface area contributed by atoms with E-state index in [1.54, 1.807) is 0 Å². The average Bonchev–Trinajstić information content (AvgIpc) is 2.76. The maximum atomic E-state index is 2.61. The highest BCUT2D eigenvalue weighted by Crippen LogP contribution is 2.25. The molecule has 28 heavy (non-hydrogen) atoms. The normalized spacial score (nSPS) is 15.1. The summed E-state index contributed by atoms with van der Waals surface area (Å²) in [4.78, 5) is 5.14. The fourth-order valence-corrected chi connectivity index (χ4v) is 4.10. The minimum absolute atomic E-state index is 1.15. The lowest BCUT2D eigenvalue weighted by molar-refractivity contribution is 0.254. The van der Waals surface area contributed by atoms with Gasteiger partial charge in [-0.15, -0.1) is 0 Å². The van der Waals surface area contributed by atoms with Gasteiger partial charge in [-0.1, -0.05) is 75.9 Å². The summed E-state index contributed by atoms with van der Waals surface area (Å²) >= 11 is 0. The van der Waals surface area contributed by atoms with Gasteiger partial charge in [-0.25, -0.2) is 0 Å². The number of nitrogens with zero attached hydrogens (tertiary/aromatic N) is 2. The van der Waals surface area contributed by atoms with Crippen LogP contribution in [0.2, 0.25) is 0 Å². The maximum absolute atomic E-state index is 2.61. The van der Waals surface area contributed by atoms with Crippen LogP contribution in [0.4, 0.5) is 5.69 Å². The van der Waals surface area contributed by atoms with E-state index in [4.69, 9.17) is 0 Å². The predicted octanol–water partition coefficient (Wildman–Crippen LogP) is 6.40. The van der Waals surface area contributed by atoms with Gasteiger partial charge in [0.05, 0.1) is 0 Å². The summed E-state index contributed by atoms with van der Waals surface area (Å²) in [7, 11) is 0. The Kier molecular flexibility index (Phi) is 8.42. The first kappa shape index (κ1) is 20.9. The Hall–Kier alpha value is -1.80. The van der Waals surface area contributed by atoms with Crippen LogP contribution in [0.3, 0.4) is 0 Å². The molecular formula is C26H38N2. The molecule has 1 heterocycles. The Bertz CT molecular complexity index is 667. The van der Waals surface area contributed by atoms with E-state index in [9.17, 15) is 0 Å². The lowest BCUT2D eigenvalue weighted by Gasteiger charge is -2.36. The Morgan fingerprint density at radius 2 is 1.25 bits per heavy atom. The quantitative estimate of drug-likeness (QED) is 0.441. The van der Waals surface area contributed by atoms with E-state index in [-0.39, 0.29) is 0 Å². The van der Waals surface area contributed by atoms with E-state index in [1.165, 1.54) is 87.0 Å². The number of hydrogen-bond donors (Lipinski definition) is 0. The second-order valence-electron chi connectivity index (χ2n) is 8.24. The lowest BCUT2D eigenvalue weighted by Crippen LogP contribution is -2.46. The van der Waals surface area contributed by atoms with Gasteiger partial charge in [0.15, 0.2) is 0 Å². The molecule has 0 atom stereocenters. The summed E-state index contributed by atoms with van der Waals surface area (Å²) in [6.07, 6.45) is 9.17. The number of anilines is 1. The van der Waals surface area contributed by atoms with Gasteiger partial charge in [0.25, 0.3) is 0 Å². The molecule has 1 saturated heterocycles. The highest BCUT2D eigenvalue weighted by molar-refractivity contribution is 5.66. The molecule has 1 aliphatic rings. The first-order valence-corrected chi connectivity index (χ1v) is 11.5. The van der Waals surface area contributed by atoms with Gasteiger partial charge in [0.2, 0.25) is 0 Å². The molecule has 0 unspecified atom stereocenters. The van der Waals surface area contributed by atoms with E-state index >= 15 is 0 Å². The molecule has 0 saturated carbocycles. The van der Waals surface area contributed by atoms with E-state index in [0.717, 1.165) is 13.1 Å². The predicted molar refractivity (Wildman–Crippen MR) is 123 cm³/mol. The Labute approximate surface area is 172 Å². The van der Waals surface area contributed by atoms with Crippen molar-refractivity contribution < 1.29 is 0 Å². The van der Waals surface area contributed by atoms with E-state index in [0.29, 0.717) is 0 Å². The van der Waals surface area contributed by atoms with Crippen molar-refractivity contribution in [3.63, 3.8) is 0 Å². The van der Waals surface area contributed by atoms with Crippen molar-refractivity contribution in [2.45, 2.75) is 58.8 Å². The van der Waals surface area contributed by atoms with Gasteiger partial charge in [-0.05, 0) is 54.6 Å². The van der Waals surface area contributed by atoms with Crippen LogP contribution >= 0.6 is 0 Å². The largest absolute Gasteiger partial charge is 0.369 e. The van der Waals surface area contributed by atoms with Crippen molar-refractivity contribution >= 4 is 5.69 Å². The molecule has 2 aromatic carbocycles. The second-order valence-corrected chi connectivity index (χ2v) is 8.24. The zero-order chi connectivity index (χ0) is 19.6. The van der Waals surface area contributed by atoms with Crippen LogP contribution in [0.25, 0.3) is 11.1 Å². The van der Waals surface area contributed by atoms with Crippen LogP contribution in [0.15, 0.2) is 48.5 Å². The summed E-state index contributed by atoms with van der Waals surface area (Å²) in [6.45, 7) is 10.5. The SMILES string of the molecule is CCCCCCc1ccc(-c2ccc(N3CCN(CCCC)CC3)cc2)cc1. The molecule has 2 nitrogen and oxygen atoms in total. The van der Waals surface area contributed by atoms with Crippen molar-refractivity contribution in [1.82, 2.24) is 4.90 Å². The summed E-state index contributed by atoms with van der Waals surface area (Å²) in [6, 6.07) is 18.4. The van der Waals surface area contributed by atoms with Crippen LogP contribution in [0.5, 0.6) is 0 Å². The van der Waals surface area contributed by atoms with Gasteiger partial charge in [0, 0.05) is 31.9 Å². The minimum atomic E-state index is 1.15. The zero-order valence-corrected chi connectivity index (χ0v) is 18.0. The smallest absolute Gasteiger partial charge is 0.0367 e. The van der Waals surface area contributed by atoms with Gasteiger partial charge in [-0.2, -0.15) is 0 Å². The third-order valence-corrected chi connectivity index (χ3v) is 6.04. The fraction of sp³-hybridized carbons (Fsp3) is 0.538. The summed E-state index contributed by atoms with van der Waals surface area (Å²) in [5, 5.41) is 0.